The third-order valence-electron chi connectivity index (χ3n) is 12.3. The molecule has 5 heteroatoms. The number of fused-ring (bicyclic) bond motifs is 5. The number of aliphatic hydroxyl groups is 3. The summed E-state index contributed by atoms with van der Waals surface area (Å²) in [6, 6.07) is 0. The summed E-state index contributed by atoms with van der Waals surface area (Å²) in [4.78, 5) is 0. The van der Waals surface area contributed by atoms with Crippen LogP contribution in [0.15, 0.2) is 23.8 Å². The summed E-state index contributed by atoms with van der Waals surface area (Å²) in [5.41, 5.74) is 2.51. The monoisotopic (exact) mass is 530 g/mol. The van der Waals surface area contributed by atoms with Crippen molar-refractivity contribution < 1.29 is 24.8 Å². The predicted molar refractivity (Wildman–Crippen MR) is 150 cm³/mol. The molecule has 0 amide bonds. The third-order valence-corrected chi connectivity index (χ3v) is 12.3. The molecule has 4 fully saturated rings. The van der Waals surface area contributed by atoms with Gasteiger partial charge in [0.15, 0.2) is 6.29 Å². The van der Waals surface area contributed by atoms with Crippen molar-refractivity contribution in [3.8, 4) is 0 Å². The second kappa shape index (κ2) is 10.9. The normalized spacial score (nSPS) is 48.8. The Hall–Kier alpha value is -0.720. The number of aliphatic hydroxyl groups excluding tert-OH is 3. The van der Waals surface area contributed by atoms with E-state index < -0.39 is 24.6 Å². The molecular formula is C33H54O5. The zero-order valence-corrected chi connectivity index (χ0v) is 24.7. The van der Waals surface area contributed by atoms with Gasteiger partial charge in [0, 0.05) is 0 Å². The summed E-state index contributed by atoms with van der Waals surface area (Å²) in [5, 5.41) is 30.2. The van der Waals surface area contributed by atoms with Crippen LogP contribution in [-0.4, -0.2) is 52.6 Å². The Kier molecular flexibility index (Phi) is 8.28. The fourth-order valence-electron chi connectivity index (χ4n) is 9.30. The van der Waals surface area contributed by atoms with Gasteiger partial charge in [0.1, 0.15) is 18.3 Å². The minimum absolute atomic E-state index is 0.00274. The molecule has 5 nitrogen and oxygen atoms in total. The van der Waals surface area contributed by atoms with Gasteiger partial charge in [-0.25, -0.2) is 0 Å². The molecule has 4 aliphatic carbocycles. The average Bonchev–Trinajstić information content (AvgIpc) is 3.24. The lowest BCUT2D eigenvalue weighted by Gasteiger charge is -2.58. The lowest BCUT2D eigenvalue weighted by Crippen LogP contribution is -2.55. The highest BCUT2D eigenvalue weighted by molar-refractivity contribution is 5.28. The molecule has 5 rings (SSSR count). The third kappa shape index (κ3) is 4.98. The standard InChI is InChI=1S/C33H54O5/c1-19(2)20(3)7-8-21(4)25-11-12-26-24-10-9-22-17-23(38-31-30(36)29(35)28(34)18-37-31)13-15-32(22,5)27(24)14-16-33(25,26)6/h7-8,10,19-23,25-31,34-36H,9,11-18H2,1-6H3/b8-7+/t20-,21+,22?,23?,25?,26?,27?,28?,29?,30?,31?,32?,33?/m0/s1. The van der Waals surface area contributed by atoms with E-state index >= 15 is 0 Å². The van der Waals surface area contributed by atoms with E-state index in [0.717, 1.165) is 37.5 Å². The lowest BCUT2D eigenvalue weighted by molar-refractivity contribution is -0.288. The van der Waals surface area contributed by atoms with Crippen LogP contribution in [0.3, 0.4) is 0 Å². The van der Waals surface area contributed by atoms with Gasteiger partial charge in [-0.05, 0) is 104 Å². The Bertz CT molecular complexity index is 898. The van der Waals surface area contributed by atoms with Crippen LogP contribution in [0.1, 0.15) is 92.9 Å². The highest BCUT2D eigenvalue weighted by atomic mass is 16.7. The first kappa shape index (κ1) is 28.8. The molecule has 0 radical (unpaired) electrons. The summed E-state index contributed by atoms with van der Waals surface area (Å²) >= 11 is 0. The summed E-state index contributed by atoms with van der Waals surface area (Å²) < 4.78 is 11.8. The Morgan fingerprint density at radius 3 is 2.37 bits per heavy atom. The van der Waals surface area contributed by atoms with Crippen molar-refractivity contribution in [2.24, 2.45) is 52.3 Å². The quantitative estimate of drug-likeness (QED) is 0.374. The van der Waals surface area contributed by atoms with Gasteiger partial charge in [-0.3, -0.25) is 0 Å². The maximum Gasteiger partial charge on any atom is 0.186 e. The fraction of sp³-hybridized carbons (Fsp3) is 0.879. The second-order valence-electron chi connectivity index (χ2n) is 14.6. The Morgan fingerprint density at radius 2 is 1.63 bits per heavy atom. The average molecular weight is 531 g/mol. The molecule has 13 atom stereocenters. The van der Waals surface area contributed by atoms with E-state index in [0.29, 0.717) is 40.4 Å². The zero-order valence-electron chi connectivity index (χ0n) is 24.7. The van der Waals surface area contributed by atoms with Gasteiger partial charge in [0.05, 0.1) is 12.7 Å². The van der Waals surface area contributed by atoms with Gasteiger partial charge < -0.3 is 24.8 Å². The lowest BCUT2D eigenvalue weighted by atomic mass is 9.47. The summed E-state index contributed by atoms with van der Waals surface area (Å²) in [7, 11) is 0. The van der Waals surface area contributed by atoms with E-state index in [1.54, 1.807) is 5.57 Å². The molecule has 11 unspecified atom stereocenters. The van der Waals surface area contributed by atoms with Crippen molar-refractivity contribution in [2.75, 3.05) is 6.61 Å². The molecule has 1 saturated heterocycles. The Labute approximate surface area is 231 Å². The number of ether oxygens (including phenoxy) is 2. The highest BCUT2D eigenvalue weighted by Gasteiger charge is 2.58. The minimum atomic E-state index is -1.22. The van der Waals surface area contributed by atoms with Gasteiger partial charge >= 0.3 is 0 Å². The van der Waals surface area contributed by atoms with Gasteiger partial charge in [-0.1, -0.05) is 65.3 Å². The Balaban J connectivity index is 1.26. The maximum absolute atomic E-state index is 10.4. The molecule has 5 aliphatic rings. The van der Waals surface area contributed by atoms with Gasteiger partial charge in [0.2, 0.25) is 0 Å². The first-order chi connectivity index (χ1) is 18.0. The summed E-state index contributed by atoms with van der Waals surface area (Å²) in [6.07, 6.45) is 12.9. The summed E-state index contributed by atoms with van der Waals surface area (Å²) in [5.74, 6) is 4.74. The van der Waals surface area contributed by atoms with Crippen molar-refractivity contribution >= 4 is 0 Å². The Morgan fingerprint density at radius 1 is 0.921 bits per heavy atom. The van der Waals surface area contributed by atoms with Crippen LogP contribution in [0.4, 0.5) is 0 Å². The van der Waals surface area contributed by atoms with E-state index in [1.807, 2.05) is 0 Å². The van der Waals surface area contributed by atoms with Crippen LogP contribution in [0.25, 0.3) is 0 Å². The molecule has 0 aromatic carbocycles. The predicted octanol–water partition coefficient (Wildman–Crippen LogP) is 5.87. The minimum Gasteiger partial charge on any atom is -0.388 e. The molecule has 0 aromatic heterocycles. The summed E-state index contributed by atoms with van der Waals surface area (Å²) in [6.45, 7) is 14.6. The van der Waals surface area contributed by atoms with Crippen molar-refractivity contribution in [3.63, 3.8) is 0 Å². The van der Waals surface area contributed by atoms with E-state index in [-0.39, 0.29) is 12.7 Å². The van der Waals surface area contributed by atoms with E-state index in [2.05, 4.69) is 59.8 Å². The number of hydrogen-bond acceptors (Lipinski definition) is 5. The number of allylic oxidation sites excluding steroid dienone is 4. The molecule has 38 heavy (non-hydrogen) atoms. The number of hydrogen-bond donors (Lipinski definition) is 3. The van der Waals surface area contributed by atoms with Crippen molar-refractivity contribution in [1.29, 1.82) is 0 Å². The van der Waals surface area contributed by atoms with Crippen LogP contribution in [0.2, 0.25) is 0 Å². The molecule has 0 spiro atoms. The highest BCUT2D eigenvalue weighted by Crippen LogP contribution is 2.67. The van der Waals surface area contributed by atoms with E-state index in [9.17, 15) is 15.3 Å². The zero-order chi connectivity index (χ0) is 27.4. The van der Waals surface area contributed by atoms with Crippen LogP contribution < -0.4 is 0 Å². The van der Waals surface area contributed by atoms with E-state index in [4.69, 9.17) is 9.47 Å². The van der Waals surface area contributed by atoms with E-state index in [1.165, 1.54) is 25.7 Å². The maximum atomic E-state index is 10.4. The molecule has 1 aliphatic heterocycles. The molecular weight excluding hydrogens is 476 g/mol. The van der Waals surface area contributed by atoms with Crippen LogP contribution in [0, 0.1) is 52.3 Å². The van der Waals surface area contributed by atoms with Gasteiger partial charge in [-0.15, -0.1) is 0 Å². The van der Waals surface area contributed by atoms with Crippen LogP contribution in [-0.2, 0) is 9.47 Å². The van der Waals surface area contributed by atoms with Crippen molar-refractivity contribution in [2.45, 2.75) is 124 Å². The molecule has 0 bridgehead atoms. The second-order valence-corrected chi connectivity index (χ2v) is 14.6. The SMILES string of the molecule is CC(C)[C@@H](C)/C=C/[C@@H](C)C1CCC2C3=CCC4CC(OC5OCC(O)C(O)C5O)CCC4(C)C3CCC21C. The molecule has 0 aromatic rings. The van der Waals surface area contributed by atoms with Crippen molar-refractivity contribution in [1.82, 2.24) is 0 Å². The molecule has 1 heterocycles. The largest absolute Gasteiger partial charge is 0.388 e. The first-order valence-electron chi connectivity index (χ1n) is 15.6. The molecule has 3 saturated carbocycles. The van der Waals surface area contributed by atoms with Crippen LogP contribution >= 0.6 is 0 Å². The fourth-order valence-corrected chi connectivity index (χ4v) is 9.30. The first-order valence-corrected chi connectivity index (χ1v) is 15.6. The smallest absolute Gasteiger partial charge is 0.186 e. The molecule has 3 N–H and O–H groups in total. The van der Waals surface area contributed by atoms with Crippen molar-refractivity contribution in [3.05, 3.63) is 23.8 Å². The van der Waals surface area contributed by atoms with Gasteiger partial charge in [0.25, 0.3) is 0 Å². The topological polar surface area (TPSA) is 79.2 Å². The van der Waals surface area contributed by atoms with Gasteiger partial charge in [-0.2, -0.15) is 0 Å². The number of rotatable bonds is 6. The van der Waals surface area contributed by atoms with Crippen LogP contribution in [0.5, 0.6) is 0 Å². The molecule has 216 valence electrons.